The fraction of sp³-hybridized carbons (Fsp3) is 0.667. The second-order valence-corrected chi connectivity index (χ2v) is 4.92. The average molecular weight is 210 g/mol. The third-order valence-corrected chi connectivity index (χ3v) is 2.78. The standard InChI is InChI=1S/C12H22N2O/c1-10-5-6-11(15-10)14(4)8-7-12(2,3)9-13/h5-6H,7-9,13H2,1-4H3. The first-order valence-corrected chi connectivity index (χ1v) is 5.42. The molecule has 0 fully saturated rings. The van der Waals surface area contributed by atoms with E-state index in [0.29, 0.717) is 0 Å². The third kappa shape index (κ3) is 3.59. The lowest BCUT2D eigenvalue weighted by Crippen LogP contribution is -2.29. The second kappa shape index (κ2) is 4.71. The highest BCUT2D eigenvalue weighted by molar-refractivity contribution is 5.34. The van der Waals surface area contributed by atoms with Gasteiger partial charge in [0.15, 0.2) is 5.88 Å². The van der Waals surface area contributed by atoms with Crippen molar-refractivity contribution in [2.45, 2.75) is 27.2 Å². The van der Waals surface area contributed by atoms with Crippen molar-refractivity contribution in [2.75, 3.05) is 25.0 Å². The molecule has 0 bridgehead atoms. The minimum absolute atomic E-state index is 0.204. The van der Waals surface area contributed by atoms with E-state index in [0.717, 1.165) is 31.2 Å². The fourth-order valence-corrected chi connectivity index (χ4v) is 1.31. The topological polar surface area (TPSA) is 42.4 Å². The van der Waals surface area contributed by atoms with E-state index in [1.54, 1.807) is 0 Å². The summed E-state index contributed by atoms with van der Waals surface area (Å²) in [6.45, 7) is 8.03. The molecule has 2 N–H and O–H groups in total. The predicted octanol–water partition coefficient (Wildman–Crippen LogP) is 2.40. The molecule has 0 aromatic carbocycles. The first-order chi connectivity index (χ1) is 6.94. The first kappa shape index (κ1) is 12.1. The maximum atomic E-state index is 5.69. The molecule has 0 aliphatic carbocycles. The van der Waals surface area contributed by atoms with Crippen LogP contribution in [0.1, 0.15) is 26.0 Å². The summed E-state index contributed by atoms with van der Waals surface area (Å²) < 4.78 is 5.54. The highest BCUT2D eigenvalue weighted by Crippen LogP contribution is 2.21. The Bertz CT molecular complexity index is 304. The van der Waals surface area contributed by atoms with Crippen molar-refractivity contribution in [3.63, 3.8) is 0 Å². The lowest BCUT2D eigenvalue weighted by atomic mass is 9.89. The van der Waals surface area contributed by atoms with Crippen LogP contribution in [0, 0.1) is 12.3 Å². The molecule has 0 saturated carbocycles. The van der Waals surface area contributed by atoms with Crippen LogP contribution >= 0.6 is 0 Å². The molecule has 0 unspecified atom stereocenters. The van der Waals surface area contributed by atoms with Crippen molar-refractivity contribution in [3.05, 3.63) is 17.9 Å². The van der Waals surface area contributed by atoms with Crippen LogP contribution in [0.5, 0.6) is 0 Å². The molecule has 0 saturated heterocycles. The predicted molar refractivity (Wildman–Crippen MR) is 64.2 cm³/mol. The summed E-state index contributed by atoms with van der Waals surface area (Å²) in [6, 6.07) is 3.99. The van der Waals surface area contributed by atoms with E-state index in [2.05, 4.69) is 18.7 Å². The quantitative estimate of drug-likeness (QED) is 0.811. The van der Waals surface area contributed by atoms with Gasteiger partial charge in [-0.1, -0.05) is 13.8 Å². The van der Waals surface area contributed by atoms with Crippen molar-refractivity contribution in [1.82, 2.24) is 0 Å². The van der Waals surface area contributed by atoms with Crippen molar-refractivity contribution in [3.8, 4) is 0 Å². The largest absolute Gasteiger partial charge is 0.446 e. The summed E-state index contributed by atoms with van der Waals surface area (Å²) in [7, 11) is 2.05. The molecular weight excluding hydrogens is 188 g/mol. The Morgan fingerprint density at radius 3 is 2.53 bits per heavy atom. The highest BCUT2D eigenvalue weighted by Gasteiger charge is 2.16. The number of anilines is 1. The van der Waals surface area contributed by atoms with Gasteiger partial charge >= 0.3 is 0 Å². The fourth-order valence-electron chi connectivity index (χ4n) is 1.31. The maximum absolute atomic E-state index is 5.69. The van der Waals surface area contributed by atoms with E-state index in [1.165, 1.54) is 0 Å². The number of furan rings is 1. The van der Waals surface area contributed by atoms with Crippen molar-refractivity contribution in [2.24, 2.45) is 11.1 Å². The normalized spacial score (nSPS) is 11.8. The molecule has 0 aliphatic rings. The van der Waals surface area contributed by atoms with Gasteiger partial charge in [0.25, 0.3) is 0 Å². The zero-order valence-electron chi connectivity index (χ0n) is 10.2. The molecule has 3 heteroatoms. The van der Waals surface area contributed by atoms with Crippen molar-refractivity contribution >= 4 is 5.88 Å². The monoisotopic (exact) mass is 210 g/mol. The molecule has 15 heavy (non-hydrogen) atoms. The van der Waals surface area contributed by atoms with Gasteiger partial charge in [0.2, 0.25) is 0 Å². The van der Waals surface area contributed by atoms with E-state index in [9.17, 15) is 0 Å². The van der Waals surface area contributed by atoms with E-state index >= 15 is 0 Å². The lowest BCUT2D eigenvalue weighted by Gasteiger charge is -2.25. The molecule has 0 aliphatic heterocycles. The van der Waals surface area contributed by atoms with Gasteiger partial charge in [-0.05, 0) is 31.4 Å². The van der Waals surface area contributed by atoms with Crippen LogP contribution in [0.3, 0.4) is 0 Å². The zero-order chi connectivity index (χ0) is 11.5. The average Bonchev–Trinajstić information content (AvgIpc) is 2.61. The van der Waals surface area contributed by atoms with Crippen LogP contribution in [-0.2, 0) is 0 Å². The molecule has 86 valence electrons. The number of hydrogen-bond donors (Lipinski definition) is 1. The van der Waals surface area contributed by atoms with Crippen LogP contribution in [0.2, 0.25) is 0 Å². The van der Waals surface area contributed by atoms with Crippen molar-refractivity contribution < 1.29 is 4.42 Å². The Morgan fingerprint density at radius 2 is 2.07 bits per heavy atom. The van der Waals surface area contributed by atoms with Gasteiger partial charge in [0.1, 0.15) is 5.76 Å². The van der Waals surface area contributed by atoms with Crippen LogP contribution in [-0.4, -0.2) is 20.1 Å². The lowest BCUT2D eigenvalue weighted by molar-refractivity contribution is 0.348. The summed E-state index contributed by atoms with van der Waals surface area (Å²) in [6.07, 6.45) is 1.07. The van der Waals surface area contributed by atoms with Gasteiger partial charge in [-0.2, -0.15) is 0 Å². The second-order valence-electron chi connectivity index (χ2n) is 4.92. The highest BCUT2D eigenvalue weighted by atomic mass is 16.4. The smallest absolute Gasteiger partial charge is 0.195 e. The molecule has 1 heterocycles. The van der Waals surface area contributed by atoms with Crippen LogP contribution < -0.4 is 10.6 Å². The summed E-state index contributed by atoms with van der Waals surface area (Å²) in [5, 5.41) is 0. The summed E-state index contributed by atoms with van der Waals surface area (Å²) in [5.74, 6) is 1.88. The molecule has 1 aromatic heterocycles. The van der Waals surface area contributed by atoms with E-state index in [1.807, 2.05) is 26.1 Å². The molecule has 0 radical (unpaired) electrons. The molecule has 3 nitrogen and oxygen atoms in total. The van der Waals surface area contributed by atoms with Gasteiger partial charge in [-0.3, -0.25) is 0 Å². The maximum Gasteiger partial charge on any atom is 0.195 e. The van der Waals surface area contributed by atoms with Gasteiger partial charge in [-0.15, -0.1) is 0 Å². The number of nitrogens with zero attached hydrogens (tertiary/aromatic N) is 1. The van der Waals surface area contributed by atoms with Gasteiger partial charge in [-0.25, -0.2) is 0 Å². The summed E-state index contributed by atoms with van der Waals surface area (Å²) >= 11 is 0. The number of rotatable bonds is 5. The SMILES string of the molecule is Cc1ccc(N(C)CCC(C)(C)CN)o1. The first-order valence-electron chi connectivity index (χ1n) is 5.42. The Morgan fingerprint density at radius 1 is 1.40 bits per heavy atom. The van der Waals surface area contributed by atoms with E-state index in [4.69, 9.17) is 10.2 Å². The number of nitrogens with two attached hydrogens (primary N) is 1. The number of hydrogen-bond acceptors (Lipinski definition) is 3. The van der Waals surface area contributed by atoms with Gasteiger partial charge in [0.05, 0.1) is 0 Å². The van der Waals surface area contributed by atoms with Crippen molar-refractivity contribution in [1.29, 1.82) is 0 Å². The van der Waals surface area contributed by atoms with Crippen LogP contribution in [0.15, 0.2) is 16.5 Å². The molecule has 1 aromatic rings. The summed E-state index contributed by atoms with van der Waals surface area (Å²) in [5.41, 5.74) is 5.90. The minimum atomic E-state index is 0.204. The third-order valence-electron chi connectivity index (χ3n) is 2.78. The molecular formula is C12H22N2O. The van der Waals surface area contributed by atoms with E-state index in [-0.39, 0.29) is 5.41 Å². The van der Waals surface area contributed by atoms with E-state index < -0.39 is 0 Å². The Kier molecular flexibility index (Phi) is 3.80. The Hall–Kier alpha value is -0.960. The molecule has 0 amide bonds. The van der Waals surface area contributed by atoms with Gasteiger partial charge in [0, 0.05) is 19.7 Å². The summed E-state index contributed by atoms with van der Waals surface area (Å²) in [4.78, 5) is 2.13. The number of aryl methyl sites for hydroxylation is 1. The molecule has 0 spiro atoms. The molecule has 0 atom stereocenters. The van der Waals surface area contributed by atoms with Crippen LogP contribution in [0.4, 0.5) is 5.88 Å². The molecule has 1 rings (SSSR count). The zero-order valence-corrected chi connectivity index (χ0v) is 10.2. The minimum Gasteiger partial charge on any atom is -0.446 e. The van der Waals surface area contributed by atoms with Crippen LogP contribution in [0.25, 0.3) is 0 Å². The Labute approximate surface area is 92.2 Å². The Balaban J connectivity index is 2.46. The van der Waals surface area contributed by atoms with Gasteiger partial charge < -0.3 is 15.1 Å².